The molecule has 1 unspecified atom stereocenters. The monoisotopic (exact) mass is 346 g/mol. The lowest BCUT2D eigenvalue weighted by Crippen LogP contribution is -2.46. The van der Waals surface area contributed by atoms with Crippen molar-refractivity contribution in [3.63, 3.8) is 0 Å². The second-order valence-electron chi connectivity index (χ2n) is 6.99. The van der Waals surface area contributed by atoms with Crippen LogP contribution < -0.4 is 5.32 Å². The maximum absolute atomic E-state index is 12.6. The normalized spacial score (nSPS) is 16.6. The molecule has 1 aromatic carbocycles. The van der Waals surface area contributed by atoms with Gasteiger partial charge < -0.3 is 15.0 Å². The summed E-state index contributed by atoms with van der Waals surface area (Å²) >= 11 is 0. The molecule has 1 aromatic rings. The van der Waals surface area contributed by atoms with Crippen molar-refractivity contribution in [2.45, 2.75) is 52.5 Å². The van der Waals surface area contributed by atoms with Crippen LogP contribution in [0.25, 0.3) is 0 Å². The minimum absolute atomic E-state index is 0.0733. The van der Waals surface area contributed by atoms with Crippen molar-refractivity contribution >= 4 is 17.6 Å². The van der Waals surface area contributed by atoms with Gasteiger partial charge in [0.15, 0.2) is 0 Å². The first-order valence-electron chi connectivity index (χ1n) is 9.24. The van der Waals surface area contributed by atoms with Crippen molar-refractivity contribution in [1.29, 1.82) is 0 Å². The van der Waals surface area contributed by atoms with Gasteiger partial charge in [-0.3, -0.25) is 9.59 Å². The summed E-state index contributed by atoms with van der Waals surface area (Å²) in [4.78, 5) is 26.3. The molecule has 2 rings (SSSR count). The van der Waals surface area contributed by atoms with E-state index in [0.717, 1.165) is 5.69 Å². The molecule has 1 aliphatic heterocycles. The fourth-order valence-electron chi connectivity index (χ4n) is 3.15. The number of ether oxygens (including phenoxy) is 1. The predicted molar refractivity (Wildman–Crippen MR) is 99.6 cm³/mol. The van der Waals surface area contributed by atoms with Crippen LogP contribution in [-0.2, 0) is 14.3 Å². The zero-order chi connectivity index (χ0) is 18.4. The highest BCUT2D eigenvalue weighted by atomic mass is 16.5. The highest BCUT2D eigenvalue weighted by Gasteiger charge is 2.29. The number of hydrogen-bond acceptors (Lipinski definition) is 4. The van der Waals surface area contributed by atoms with Crippen LogP contribution in [-0.4, -0.2) is 42.5 Å². The number of amides is 1. The lowest BCUT2D eigenvalue weighted by molar-refractivity contribution is -0.151. The molecule has 0 aliphatic carbocycles. The van der Waals surface area contributed by atoms with Gasteiger partial charge in [-0.25, -0.2) is 0 Å². The smallest absolute Gasteiger partial charge is 0.309 e. The Morgan fingerprint density at radius 2 is 1.76 bits per heavy atom. The number of piperidine rings is 1. The topological polar surface area (TPSA) is 58.6 Å². The van der Waals surface area contributed by atoms with E-state index in [1.165, 1.54) is 5.56 Å². The van der Waals surface area contributed by atoms with Crippen LogP contribution in [0.2, 0.25) is 0 Å². The number of rotatable bonds is 6. The molecule has 0 radical (unpaired) electrons. The van der Waals surface area contributed by atoms with Gasteiger partial charge in [-0.05, 0) is 50.3 Å². The van der Waals surface area contributed by atoms with Crippen molar-refractivity contribution < 1.29 is 14.3 Å². The van der Waals surface area contributed by atoms with Gasteiger partial charge in [-0.2, -0.15) is 0 Å². The van der Waals surface area contributed by atoms with E-state index in [1.54, 1.807) is 0 Å². The number of anilines is 1. The second kappa shape index (κ2) is 8.88. The van der Waals surface area contributed by atoms with E-state index in [-0.39, 0.29) is 23.8 Å². The maximum Gasteiger partial charge on any atom is 0.309 e. The molecule has 1 atom stereocenters. The Bertz CT molecular complexity index is 575. The summed E-state index contributed by atoms with van der Waals surface area (Å²) in [6.45, 7) is 9.66. The van der Waals surface area contributed by atoms with Gasteiger partial charge in [-0.1, -0.05) is 26.0 Å². The average molecular weight is 346 g/mol. The molecule has 1 heterocycles. The number of carbonyl (C=O) groups is 2. The molecule has 0 saturated carbocycles. The minimum Gasteiger partial charge on any atom is -0.466 e. The third-order valence-electron chi connectivity index (χ3n) is 4.76. The summed E-state index contributed by atoms with van der Waals surface area (Å²) in [5, 5.41) is 3.28. The predicted octanol–water partition coefficient (Wildman–Crippen LogP) is 3.41. The van der Waals surface area contributed by atoms with Gasteiger partial charge in [0, 0.05) is 18.8 Å². The zero-order valence-corrected chi connectivity index (χ0v) is 15.7. The summed E-state index contributed by atoms with van der Waals surface area (Å²) in [6.07, 6.45) is 1.36. The van der Waals surface area contributed by atoms with Crippen molar-refractivity contribution in [1.82, 2.24) is 4.90 Å². The van der Waals surface area contributed by atoms with E-state index in [4.69, 9.17) is 4.74 Å². The number of benzene rings is 1. The number of esters is 1. The Hall–Kier alpha value is -2.04. The highest BCUT2D eigenvalue weighted by Crippen LogP contribution is 2.21. The van der Waals surface area contributed by atoms with Crippen LogP contribution in [0.3, 0.4) is 0 Å². The molecule has 1 saturated heterocycles. The highest BCUT2D eigenvalue weighted by molar-refractivity contribution is 5.84. The van der Waals surface area contributed by atoms with E-state index >= 15 is 0 Å². The number of likely N-dealkylation sites (tertiary alicyclic amines) is 1. The summed E-state index contributed by atoms with van der Waals surface area (Å²) < 4.78 is 5.08. The van der Waals surface area contributed by atoms with Crippen molar-refractivity contribution in [3.8, 4) is 0 Å². The summed E-state index contributed by atoms with van der Waals surface area (Å²) in [5.41, 5.74) is 2.23. The van der Waals surface area contributed by atoms with E-state index in [2.05, 4.69) is 31.3 Å². The first-order chi connectivity index (χ1) is 11.9. The van der Waals surface area contributed by atoms with Crippen LogP contribution >= 0.6 is 0 Å². The van der Waals surface area contributed by atoms with E-state index in [9.17, 15) is 9.59 Å². The van der Waals surface area contributed by atoms with Crippen molar-refractivity contribution in [3.05, 3.63) is 29.8 Å². The molecular weight excluding hydrogens is 316 g/mol. The number of nitrogens with zero attached hydrogens (tertiary/aromatic N) is 1. The van der Waals surface area contributed by atoms with E-state index in [0.29, 0.717) is 38.5 Å². The molecule has 0 aromatic heterocycles. The fourth-order valence-corrected chi connectivity index (χ4v) is 3.15. The van der Waals surface area contributed by atoms with Crippen LogP contribution in [0.4, 0.5) is 5.69 Å². The van der Waals surface area contributed by atoms with E-state index < -0.39 is 0 Å². The fraction of sp³-hybridized carbons (Fsp3) is 0.600. The minimum atomic E-state index is -0.288. The average Bonchev–Trinajstić information content (AvgIpc) is 2.61. The third kappa shape index (κ3) is 5.21. The Kier molecular flexibility index (Phi) is 6.85. The lowest BCUT2D eigenvalue weighted by Gasteiger charge is -2.33. The molecule has 0 spiro atoms. The summed E-state index contributed by atoms with van der Waals surface area (Å²) in [5.74, 6) is 0.367. The molecule has 1 fully saturated rings. The molecule has 5 heteroatoms. The Balaban J connectivity index is 1.85. The lowest BCUT2D eigenvalue weighted by atomic mass is 9.96. The standard InChI is InChI=1S/C20H30N2O3/c1-5-25-20(24)17-10-12-22(13-11-17)19(23)15(4)21-18-8-6-16(7-9-18)14(2)3/h6-9,14-15,17,21H,5,10-13H2,1-4H3. The van der Waals surface area contributed by atoms with Crippen molar-refractivity contribution in [2.24, 2.45) is 5.92 Å². The Labute approximate surface area is 150 Å². The molecule has 0 bridgehead atoms. The molecule has 1 amide bonds. The zero-order valence-electron chi connectivity index (χ0n) is 15.7. The molecule has 5 nitrogen and oxygen atoms in total. The maximum atomic E-state index is 12.6. The van der Waals surface area contributed by atoms with Crippen LogP contribution in [0.5, 0.6) is 0 Å². The number of hydrogen-bond donors (Lipinski definition) is 1. The Morgan fingerprint density at radius 3 is 2.28 bits per heavy atom. The molecule has 25 heavy (non-hydrogen) atoms. The van der Waals surface area contributed by atoms with Gasteiger partial charge >= 0.3 is 5.97 Å². The summed E-state index contributed by atoms with van der Waals surface area (Å²) in [7, 11) is 0. The first kappa shape index (κ1) is 19.3. The first-order valence-corrected chi connectivity index (χ1v) is 9.24. The Morgan fingerprint density at radius 1 is 1.16 bits per heavy atom. The number of carbonyl (C=O) groups excluding carboxylic acids is 2. The van der Waals surface area contributed by atoms with Crippen LogP contribution in [0.1, 0.15) is 52.0 Å². The number of nitrogens with one attached hydrogen (secondary N) is 1. The van der Waals surface area contributed by atoms with Gasteiger partial charge in [0.1, 0.15) is 6.04 Å². The third-order valence-corrected chi connectivity index (χ3v) is 4.76. The quantitative estimate of drug-likeness (QED) is 0.802. The molecule has 138 valence electrons. The molecule has 1 N–H and O–H groups in total. The van der Waals surface area contributed by atoms with Crippen molar-refractivity contribution in [2.75, 3.05) is 25.0 Å². The molecular formula is C20H30N2O3. The van der Waals surface area contributed by atoms with Gasteiger partial charge in [-0.15, -0.1) is 0 Å². The summed E-state index contributed by atoms with van der Waals surface area (Å²) in [6, 6.07) is 7.94. The van der Waals surface area contributed by atoms with Gasteiger partial charge in [0.2, 0.25) is 5.91 Å². The molecule has 1 aliphatic rings. The van der Waals surface area contributed by atoms with Crippen LogP contribution in [0, 0.1) is 5.92 Å². The second-order valence-corrected chi connectivity index (χ2v) is 6.99. The van der Waals surface area contributed by atoms with Crippen LogP contribution in [0.15, 0.2) is 24.3 Å². The van der Waals surface area contributed by atoms with E-state index in [1.807, 2.05) is 30.9 Å². The largest absolute Gasteiger partial charge is 0.466 e. The SMILES string of the molecule is CCOC(=O)C1CCN(C(=O)C(C)Nc2ccc(C(C)C)cc2)CC1. The van der Waals surface area contributed by atoms with Gasteiger partial charge in [0.25, 0.3) is 0 Å². The van der Waals surface area contributed by atoms with Gasteiger partial charge in [0.05, 0.1) is 12.5 Å².